The van der Waals surface area contributed by atoms with Crippen molar-refractivity contribution in [3.05, 3.63) is 106 Å². The average Bonchev–Trinajstić information content (AvgIpc) is 2.74. The first-order valence-electron chi connectivity index (χ1n) is 8.43. The van der Waals surface area contributed by atoms with Gasteiger partial charge in [0.25, 0.3) is 5.91 Å². The van der Waals surface area contributed by atoms with Crippen LogP contribution in [0.15, 0.2) is 88.7 Å². The van der Waals surface area contributed by atoms with Crippen LogP contribution in [0.1, 0.15) is 31.8 Å². The second-order valence-electron chi connectivity index (χ2n) is 5.81. The summed E-state index contributed by atoms with van der Waals surface area (Å²) < 4.78 is 0.933. The Kier molecular flexibility index (Phi) is 6.59. The van der Waals surface area contributed by atoms with Gasteiger partial charge in [-0.05, 0) is 53.6 Å². The number of hydrogen-bond donors (Lipinski definition) is 1. The molecule has 0 atom stereocenters. The summed E-state index contributed by atoms with van der Waals surface area (Å²) in [5.74, 6) is -0.360. The zero-order valence-corrected chi connectivity index (χ0v) is 16.3. The molecule has 0 saturated heterocycles. The number of rotatable bonds is 6. The van der Waals surface area contributed by atoms with E-state index in [2.05, 4.69) is 31.4 Å². The van der Waals surface area contributed by atoms with Crippen molar-refractivity contribution < 1.29 is 9.59 Å². The normalized spacial score (nSPS) is 11.0. The van der Waals surface area contributed by atoms with Crippen LogP contribution in [0.5, 0.6) is 0 Å². The molecule has 0 unspecified atom stereocenters. The average molecular weight is 434 g/mol. The van der Waals surface area contributed by atoms with Crippen molar-refractivity contribution in [3.63, 3.8) is 0 Å². The van der Waals surface area contributed by atoms with E-state index in [4.69, 9.17) is 0 Å². The molecule has 138 valence electrons. The number of nitrogens with zero attached hydrogens (tertiary/aromatic N) is 2. The molecule has 0 aliphatic heterocycles. The standard InChI is InChI=1S/C22H16BrN3O2/c23-20-8-6-18(7-9-20)21(27)10-5-16-1-3-17(4-2-16)15-25-26-22(28)19-11-13-24-14-12-19/h1-15H,(H,26,28)/b10-5+,25-15+. The minimum atomic E-state index is -0.301. The van der Waals surface area contributed by atoms with Crippen molar-refractivity contribution in [2.45, 2.75) is 0 Å². The van der Waals surface area contributed by atoms with Crippen LogP contribution < -0.4 is 5.43 Å². The molecule has 3 aromatic rings. The topological polar surface area (TPSA) is 71.4 Å². The van der Waals surface area contributed by atoms with Gasteiger partial charge < -0.3 is 0 Å². The van der Waals surface area contributed by atoms with E-state index in [9.17, 15) is 9.59 Å². The van der Waals surface area contributed by atoms with Crippen LogP contribution >= 0.6 is 15.9 Å². The van der Waals surface area contributed by atoms with Gasteiger partial charge in [-0.1, -0.05) is 46.3 Å². The summed E-state index contributed by atoms with van der Waals surface area (Å²) in [7, 11) is 0. The maximum atomic E-state index is 12.2. The second kappa shape index (κ2) is 9.53. The number of pyridine rings is 1. The molecule has 1 aromatic heterocycles. The number of allylic oxidation sites excluding steroid dienone is 1. The molecule has 1 N–H and O–H groups in total. The quantitative estimate of drug-likeness (QED) is 0.269. The lowest BCUT2D eigenvalue weighted by atomic mass is 10.1. The summed E-state index contributed by atoms with van der Waals surface area (Å²) in [4.78, 5) is 27.9. The first kappa shape index (κ1) is 19.4. The summed E-state index contributed by atoms with van der Waals surface area (Å²) in [5, 5.41) is 3.95. The van der Waals surface area contributed by atoms with Gasteiger partial charge in [0.2, 0.25) is 0 Å². The largest absolute Gasteiger partial charge is 0.289 e. The number of amides is 1. The minimum absolute atomic E-state index is 0.0584. The summed E-state index contributed by atoms with van der Waals surface area (Å²) in [6.07, 6.45) is 7.95. The monoisotopic (exact) mass is 433 g/mol. The first-order chi connectivity index (χ1) is 13.6. The number of hydrazone groups is 1. The summed E-state index contributed by atoms with van der Waals surface area (Å²) >= 11 is 3.35. The molecule has 1 amide bonds. The van der Waals surface area contributed by atoms with Gasteiger partial charge in [-0.3, -0.25) is 14.6 Å². The third-order valence-corrected chi connectivity index (χ3v) is 4.34. The summed E-state index contributed by atoms with van der Waals surface area (Å²) in [6.45, 7) is 0. The maximum Gasteiger partial charge on any atom is 0.271 e. The van der Waals surface area contributed by atoms with Crippen molar-refractivity contribution in [1.82, 2.24) is 10.4 Å². The Morgan fingerprint density at radius 1 is 0.857 bits per heavy atom. The molecule has 0 spiro atoms. The number of aromatic nitrogens is 1. The molecule has 0 radical (unpaired) electrons. The van der Waals surface area contributed by atoms with E-state index in [1.165, 1.54) is 0 Å². The molecular weight excluding hydrogens is 418 g/mol. The lowest BCUT2D eigenvalue weighted by Gasteiger charge is -1.99. The van der Waals surface area contributed by atoms with Gasteiger partial charge in [-0.15, -0.1) is 0 Å². The number of nitrogens with one attached hydrogen (secondary N) is 1. The van der Waals surface area contributed by atoms with E-state index < -0.39 is 0 Å². The van der Waals surface area contributed by atoms with E-state index >= 15 is 0 Å². The van der Waals surface area contributed by atoms with Crippen molar-refractivity contribution in [3.8, 4) is 0 Å². The smallest absolute Gasteiger partial charge is 0.271 e. The Balaban J connectivity index is 1.56. The van der Waals surface area contributed by atoms with E-state index in [1.807, 2.05) is 36.4 Å². The van der Waals surface area contributed by atoms with Crippen LogP contribution in [-0.4, -0.2) is 22.9 Å². The molecule has 0 fully saturated rings. The SMILES string of the molecule is O=C(/C=C/c1ccc(/C=N/NC(=O)c2ccncc2)cc1)c1ccc(Br)cc1. The van der Waals surface area contributed by atoms with Crippen molar-refractivity contribution in [2.24, 2.45) is 5.10 Å². The van der Waals surface area contributed by atoms with Crippen LogP contribution in [0.2, 0.25) is 0 Å². The molecule has 0 saturated carbocycles. The predicted octanol–water partition coefficient (Wildman–Crippen LogP) is 4.50. The Morgan fingerprint density at radius 2 is 1.50 bits per heavy atom. The summed E-state index contributed by atoms with van der Waals surface area (Å²) in [6, 6.07) is 17.9. The van der Waals surface area contributed by atoms with E-state index in [-0.39, 0.29) is 11.7 Å². The number of benzene rings is 2. The van der Waals surface area contributed by atoms with Crippen LogP contribution in [0, 0.1) is 0 Å². The predicted molar refractivity (Wildman–Crippen MR) is 113 cm³/mol. The van der Waals surface area contributed by atoms with Crippen molar-refractivity contribution >= 4 is 39.9 Å². The van der Waals surface area contributed by atoms with Gasteiger partial charge in [0.15, 0.2) is 5.78 Å². The highest BCUT2D eigenvalue weighted by molar-refractivity contribution is 9.10. The van der Waals surface area contributed by atoms with E-state index in [0.717, 1.165) is 15.6 Å². The Bertz CT molecular complexity index is 1010. The van der Waals surface area contributed by atoms with Gasteiger partial charge in [-0.25, -0.2) is 5.43 Å². The second-order valence-corrected chi connectivity index (χ2v) is 6.72. The molecule has 5 nitrogen and oxygen atoms in total. The Hall–Kier alpha value is -3.38. The fraction of sp³-hybridized carbons (Fsp3) is 0. The fourth-order valence-corrected chi connectivity index (χ4v) is 2.57. The number of carbonyl (C=O) groups excluding carboxylic acids is 2. The first-order valence-corrected chi connectivity index (χ1v) is 9.22. The van der Waals surface area contributed by atoms with Crippen LogP contribution in [0.25, 0.3) is 6.08 Å². The molecule has 1 heterocycles. The van der Waals surface area contributed by atoms with Crippen molar-refractivity contribution in [1.29, 1.82) is 0 Å². The molecule has 6 heteroatoms. The molecule has 2 aromatic carbocycles. The lowest BCUT2D eigenvalue weighted by molar-refractivity contribution is 0.0954. The van der Waals surface area contributed by atoms with Gasteiger partial charge in [-0.2, -0.15) is 5.10 Å². The highest BCUT2D eigenvalue weighted by atomic mass is 79.9. The number of ketones is 1. The van der Waals surface area contributed by atoms with E-state index in [0.29, 0.717) is 11.1 Å². The van der Waals surface area contributed by atoms with Gasteiger partial charge in [0.05, 0.1) is 6.21 Å². The number of halogens is 1. The van der Waals surface area contributed by atoms with E-state index in [1.54, 1.807) is 55.0 Å². The highest BCUT2D eigenvalue weighted by Crippen LogP contribution is 2.12. The Labute approximate surface area is 171 Å². The third kappa shape index (κ3) is 5.56. The molecule has 3 rings (SSSR count). The molecule has 0 aliphatic rings. The third-order valence-electron chi connectivity index (χ3n) is 3.81. The lowest BCUT2D eigenvalue weighted by Crippen LogP contribution is -2.17. The zero-order chi connectivity index (χ0) is 19.8. The molecular formula is C22H16BrN3O2. The maximum absolute atomic E-state index is 12.2. The van der Waals surface area contributed by atoms with Crippen LogP contribution in [0.4, 0.5) is 0 Å². The highest BCUT2D eigenvalue weighted by Gasteiger charge is 2.02. The summed E-state index contributed by atoms with van der Waals surface area (Å²) in [5.41, 5.74) is 5.30. The van der Waals surface area contributed by atoms with Gasteiger partial charge in [0, 0.05) is 28.0 Å². The number of carbonyl (C=O) groups is 2. The van der Waals surface area contributed by atoms with Crippen LogP contribution in [0.3, 0.4) is 0 Å². The van der Waals surface area contributed by atoms with Crippen LogP contribution in [-0.2, 0) is 0 Å². The molecule has 0 aliphatic carbocycles. The Morgan fingerprint density at radius 3 is 2.18 bits per heavy atom. The fourth-order valence-electron chi connectivity index (χ4n) is 2.31. The number of hydrogen-bond acceptors (Lipinski definition) is 4. The minimum Gasteiger partial charge on any atom is -0.289 e. The van der Waals surface area contributed by atoms with Gasteiger partial charge >= 0.3 is 0 Å². The van der Waals surface area contributed by atoms with Gasteiger partial charge in [0.1, 0.15) is 0 Å². The zero-order valence-electron chi connectivity index (χ0n) is 14.7. The molecule has 28 heavy (non-hydrogen) atoms. The molecule has 0 bridgehead atoms. The van der Waals surface area contributed by atoms with Crippen molar-refractivity contribution in [2.75, 3.05) is 0 Å².